The van der Waals surface area contributed by atoms with E-state index in [4.69, 9.17) is 0 Å². The normalized spacial score (nSPS) is 12.7. The van der Waals surface area contributed by atoms with Crippen molar-refractivity contribution >= 4 is 11.0 Å². The Bertz CT molecular complexity index is 1080. The summed E-state index contributed by atoms with van der Waals surface area (Å²) < 4.78 is 80.0. The molecule has 3 aromatic rings. The highest BCUT2D eigenvalue weighted by molar-refractivity contribution is 5.79. The molecule has 0 saturated heterocycles. The van der Waals surface area contributed by atoms with Gasteiger partial charge in [-0.05, 0) is 19.1 Å². The van der Waals surface area contributed by atoms with E-state index in [1.807, 2.05) is 0 Å². The van der Waals surface area contributed by atoms with Crippen molar-refractivity contribution < 1.29 is 31.1 Å². The predicted molar refractivity (Wildman–Crippen MR) is 85.0 cm³/mol. The van der Waals surface area contributed by atoms with Crippen LogP contribution in [0.2, 0.25) is 0 Å². The molecule has 0 spiro atoms. The van der Waals surface area contributed by atoms with E-state index < -0.39 is 35.8 Å². The Morgan fingerprint density at radius 1 is 1.18 bits per heavy atom. The maximum Gasteiger partial charge on any atom is 0.455 e. The lowest BCUT2D eigenvalue weighted by molar-refractivity contribution is -0.595. The summed E-state index contributed by atoms with van der Waals surface area (Å²) in [6.07, 6.45) is -3.98. The fourth-order valence-corrected chi connectivity index (χ4v) is 2.79. The monoisotopic (exact) mass is 406 g/mol. The Morgan fingerprint density at radius 3 is 2.43 bits per heavy atom. The van der Waals surface area contributed by atoms with Crippen LogP contribution in [-0.2, 0) is 13.1 Å². The quantitative estimate of drug-likeness (QED) is 0.380. The van der Waals surface area contributed by atoms with E-state index in [1.165, 1.54) is 6.92 Å². The van der Waals surface area contributed by atoms with Gasteiger partial charge in [0, 0.05) is 12.6 Å². The summed E-state index contributed by atoms with van der Waals surface area (Å²) in [5, 5.41) is 11.8. The van der Waals surface area contributed by atoms with E-state index in [-0.39, 0.29) is 32.6 Å². The number of nitrogens with zero attached hydrogens (tertiary/aromatic N) is 4. The molecule has 0 amide bonds. The number of hydrogen-bond donors (Lipinski definition) is 0. The fraction of sp³-hybridized carbons (Fsp3) is 0.312. The summed E-state index contributed by atoms with van der Waals surface area (Å²) in [4.78, 5) is 16.1. The van der Waals surface area contributed by atoms with Crippen molar-refractivity contribution in [3.05, 3.63) is 52.1 Å². The molecule has 0 aromatic carbocycles. The zero-order chi connectivity index (χ0) is 20.9. The zero-order valence-electron chi connectivity index (χ0n) is 14.2. The molecule has 0 fully saturated rings. The second-order valence-corrected chi connectivity index (χ2v) is 5.90. The van der Waals surface area contributed by atoms with Gasteiger partial charge in [-0.3, -0.25) is 9.13 Å². The molecule has 3 heterocycles. The van der Waals surface area contributed by atoms with Crippen molar-refractivity contribution in [3.8, 4) is 11.4 Å². The lowest BCUT2D eigenvalue weighted by atomic mass is 10.2. The Balaban J connectivity index is 2.23. The minimum Gasteiger partial charge on any atom is -0.618 e. The van der Waals surface area contributed by atoms with Crippen LogP contribution in [0.1, 0.15) is 6.92 Å². The highest BCUT2D eigenvalue weighted by Gasteiger charge is 2.58. The minimum absolute atomic E-state index is 0.0567. The molecule has 150 valence electrons. The third-order valence-electron chi connectivity index (χ3n) is 4.15. The molecule has 0 unspecified atom stereocenters. The Hall–Kier alpha value is -3.05. The summed E-state index contributed by atoms with van der Waals surface area (Å²) >= 11 is 0. The lowest BCUT2D eigenvalue weighted by Gasteiger charge is -2.19. The van der Waals surface area contributed by atoms with E-state index >= 15 is 0 Å². The first kappa shape index (κ1) is 19.7. The molecule has 3 rings (SSSR count). The number of fused-ring (bicyclic) bond motifs is 1. The van der Waals surface area contributed by atoms with E-state index in [9.17, 15) is 36.3 Å². The van der Waals surface area contributed by atoms with Crippen molar-refractivity contribution in [2.75, 3.05) is 0 Å². The predicted octanol–water partition coefficient (Wildman–Crippen LogP) is 2.86. The van der Waals surface area contributed by atoms with Crippen LogP contribution in [-0.4, -0.2) is 26.2 Å². The molecule has 12 heteroatoms. The van der Waals surface area contributed by atoms with E-state index in [0.29, 0.717) is 0 Å². The summed E-state index contributed by atoms with van der Waals surface area (Å²) in [6.45, 7) is -0.511. The molecule has 0 radical (unpaired) electrons. The highest BCUT2D eigenvalue weighted by Crippen LogP contribution is 2.37. The van der Waals surface area contributed by atoms with Gasteiger partial charge in [0.15, 0.2) is 12.0 Å². The summed E-state index contributed by atoms with van der Waals surface area (Å²) in [5.41, 5.74) is -2.15. The number of hydrogen-bond acceptors (Lipinski definition) is 3. The van der Waals surface area contributed by atoms with Crippen LogP contribution in [0.4, 0.5) is 26.3 Å². The average Bonchev–Trinajstić information content (AvgIpc) is 2.84. The van der Waals surface area contributed by atoms with Gasteiger partial charge in [0.25, 0.3) is 5.69 Å². The van der Waals surface area contributed by atoms with Crippen LogP contribution in [0, 0.1) is 11.0 Å². The van der Waals surface area contributed by atoms with E-state index in [2.05, 4.69) is 4.98 Å². The third-order valence-corrected chi connectivity index (χ3v) is 4.15. The molecule has 0 bridgehead atoms. The maximum atomic E-state index is 14.0. The SMILES string of the molecule is CCn1c(=O)n(CC(F)(F)C(F)(F)F)c2cnc(-c3c(F)ccc[n+]3[O-])cc21. The van der Waals surface area contributed by atoms with Gasteiger partial charge in [-0.15, -0.1) is 0 Å². The van der Waals surface area contributed by atoms with Crippen molar-refractivity contribution in [3.63, 3.8) is 0 Å². The lowest BCUT2D eigenvalue weighted by Crippen LogP contribution is -2.42. The van der Waals surface area contributed by atoms with E-state index in [0.717, 1.165) is 35.2 Å². The van der Waals surface area contributed by atoms with Crippen molar-refractivity contribution in [1.82, 2.24) is 14.1 Å². The zero-order valence-corrected chi connectivity index (χ0v) is 14.2. The number of aromatic nitrogens is 4. The van der Waals surface area contributed by atoms with Gasteiger partial charge in [0.2, 0.25) is 0 Å². The second kappa shape index (κ2) is 6.53. The number of halogens is 6. The van der Waals surface area contributed by atoms with Gasteiger partial charge in [-0.25, -0.2) is 9.78 Å². The molecule has 0 atom stereocenters. The number of imidazole rings is 1. The Kier molecular flexibility index (Phi) is 4.60. The summed E-state index contributed by atoms with van der Waals surface area (Å²) in [6, 6.07) is 3.24. The topological polar surface area (TPSA) is 66.8 Å². The number of pyridine rings is 2. The Labute approximate surface area is 152 Å². The molecular formula is C16H12F6N4O2. The summed E-state index contributed by atoms with van der Waals surface area (Å²) in [5.74, 6) is -6.07. The van der Waals surface area contributed by atoms with Gasteiger partial charge in [0.1, 0.15) is 12.2 Å². The van der Waals surface area contributed by atoms with Crippen LogP contribution in [0.25, 0.3) is 22.4 Å². The molecule has 0 aliphatic rings. The van der Waals surface area contributed by atoms with Crippen molar-refractivity contribution in [1.29, 1.82) is 0 Å². The first-order chi connectivity index (χ1) is 13.0. The number of aryl methyl sites for hydroxylation is 1. The van der Waals surface area contributed by atoms with Crippen LogP contribution < -0.4 is 10.4 Å². The standard InChI is InChI=1S/C16H12F6N4O2/c1-2-24-11-6-10(13-9(17)4-3-5-26(13)28)23-7-12(11)25(14(24)27)8-15(18,19)16(20,21)22/h3-7H,2,8H2,1H3. The van der Waals surface area contributed by atoms with Crippen molar-refractivity contribution in [2.45, 2.75) is 32.1 Å². The van der Waals surface area contributed by atoms with Crippen LogP contribution in [0.3, 0.4) is 0 Å². The summed E-state index contributed by atoms with van der Waals surface area (Å²) in [7, 11) is 0. The molecule has 0 aliphatic heterocycles. The third kappa shape index (κ3) is 3.08. The van der Waals surface area contributed by atoms with Gasteiger partial charge in [0.05, 0.1) is 17.2 Å². The molecule has 0 aliphatic carbocycles. The first-order valence-corrected chi connectivity index (χ1v) is 7.89. The fourth-order valence-electron chi connectivity index (χ4n) is 2.79. The molecule has 3 aromatic heterocycles. The molecule has 28 heavy (non-hydrogen) atoms. The smallest absolute Gasteiger partial charge is 0.455 e. The van der Waals surface area contributed by atoms with Gasteiger partial charge in [-0.1, -0.05) is 0 Å². The van der Waals surface area contributed by atoms with Gasteiger partial charge in [-0.2, -0.15) is 31.1 Å². The minimum atomic E-state index is -5.85. The second-order valence-electron chi connectivity index (χ2n) is 5.90. The van der Waals surface area contributed by atoms with Crippen LogP contribution >= 0.6 is 0 Å². The average molecular weight is 406 g/mol. The largest absolute Gasteiger partial charge is 0.618 e. The molecule has 6 nitrogen and oxygen atoms in total. The van der Waals surface area contributed by atoms with Crippen molar-refractivity contribution in [2.24, 2.45) is 0 Å². The molecule has 0 saturated carbocycles. The van der Waals surface area contributed by atoms with Gasteiger partial charge >= 0.3 is 17.8 Å². The van der Waals surface area contributed by atoms with E-state index in [1.54, 1.807) is 0 Å². The van der Waals surface area contributed by atoms with Crippen LogP contribution in [0.15, 0.2) is 35.4 Å². The molecular weight excluding hydrogens is 394 g/mol. The maximum absolute atomic E-state index is 14.0. The Morgan fingerprint density at radius 2 is 1.86 bits per heavy atom. The highest BCUT2D eigenvalue weighted by atomic mass is 19.4. The number of rotatable bonds is 4. The first-order valence-electron chi connectivity index (χ1n) is 7.89. The van der Waals surface area contributed by atoms with Gasteiger partial charge < -0.3 is 5.21 Å². The molecule has 0 N–H and O–H groups in total. The number of alkyl halides is 5. The van der Waals surface area contributed by atoms with Crippen LogP contribution in [0.5, 0.6) is 0 Å².